The van der Waals surface area contributed by atoms with Crippen LogP contribution in [0.4, 0.5) is 9.59 Å². The molecule has 2 amide bonds. The van der Waals surface area contributed by atoms with E-state index in [4.69, 9.17) is 9.47 Å². The molecule has 0 bridgehead atoms. The van der Waals surface area contributed by atoms with Crippen LogP contribution in [0, 0.1) is 0 Å². The van der Waals surface area contributed by atoms with Gasteiger partial charge in [0, 0.05) is 52.4 Å². The Bertz CT molecular complexity index is 437. The summed E-state index contributed by atoms with van der Waals surface area (Å²) in [6, 6.07) is 0. The van der Waals surface area contributed by atoms with E-state index in [9.17, 15) is 9.59 Å². The first-order valence-electron chi connectivity index (χ1n) is 11.7. The quantitative estimate of drug-likeness (QED) is 0.276. The van der Waals surface area contributed by atoms with Crippen molar-refractivity contribution >= 4 is 12.2 Å². The summed E-state index contributed by atoms with van der Waals surface area (Å²) in [5, 5.41) is 5.56. The van der Waals surface area contributed by atoms with E-state index < -0.39 is 0 Å². The second-order valence-electron chi connectivity index (χ2n) is 8.75. The Kier molecular flexibility index (Phi) is 19.0. The minimum Gasteiger partial charge on any atom is -0.448 e. The van der Waals surface area contributed by atoms with Crippen molar-refractivity contribution in [2.45, 2.75) is 25.7 Å². The number of carbonyl (C=O) groups is 2. The number of hydrogen-bond donors (Lipinski definition) is 2. The number of ether oxygens (including phenoxy) is 2. The van der Waals surface area contributed by atoms with E-state index in [1.807, 2.05) is 42.3 Å². The van der Waals surface area contributed by atoms with Crippen LogP contribution >= 0.6 is 0 Å². The molecule has 0 atom stereocenters. The molecule has 10 heteroatoms. The van der Waals surface area contributed by atoms with Crippen LogP contribution in [-0.4, -0.2) is 140 Å². The third-order valence-electron chi connectivity index (χ3n) is 4.91. The summed E-state index contributed by atoms with van der Waals surface area (Å²) in [6.07, 6.45) is 3.04. The fraction of sp³-hybridized carbons (Fsp3) is 0.909. The summed E-state index contributed by atoms with van der Waals surface area (Å²) in [5.41, 5.74) is 0. The van der Waals surface area contributed by atoms with Gasteiger partial charge in [0.2, 0.25) is 0 Å². The van der Waals surface area contributed by atoms with E-state index in [1.165, 1.54) is 0 Å². The van der Waals surface area contributed by atoms with Crippen molar-refractivity contribution in [3.63, 3.8) is 0 Å². The number of rotatable bonds is 19. The molecule has 0 aliphatic carbocycles. The number of alkyl carbamates (subject to hydrolysis) is 2. The van der Waals surface area contributed by atoms with Crippen LogP contribution in [-0.2, 0) is 9.47 Å². The monoisotopic (exact) mass is 460 g/mol. The van der Waals surface area contributed by atoms with Gasteiger partial charge in [-0.05, 0) is 55.1 Å². The lowest BCUT2D eigenvalue weighted by molar-refractivity contribution is 0.130. The third-order valence-corrected chi connectivity index (χ3v) is 4.91. The molecule has 0 saturated carbocycles. The van der Waals surface area contributed by atoms with Crippen LogP contribution < -0.4 is 10.6 Å². The molecule has 0 aromatic rings. The van der Waals surface area contributed by atoms with Crippen LogP contribution in [0.1, 0.15) is 25.7 Å². The van der Waals surface area contributed by atoms with Crippen LogP contribution in [0.15, 0.2) is 0 Å². The molecule has 0 rings (SSSR count). The van der Waals surface area contributed by atoms with Gasteiger partial charge in [-0.25, -0.2) is 9.59 Å². The maximum absolute atomic E-state index is 11.7. The standard InChI is InChI=1S/C22H48N6O4/c1-25(2)13-15-27(5)17-19-31-21(29)23-11-9-7-8-10-12-24-22(30)32-20-18-28(6)16-14-26(3)4/h7-20H2,1-6H3,(H,23,29)(H,24,30). The molecule has 2 N–H and O–H groups in total. The van der Waals surface area contributed by atoms with Gasteiger partial charge in [0.25, 0.3) is 0 Å². The van der Waals surface area contributed by atoms with Crippen LogP contribution in [0.25, 0.3) is 0 Å². The second kappa shape index (κ2) is 20.0. The van der Waals surface area contributed by atoms with Gasteiger partial charge >= 0.3 is 12.2 Å². The molecule has 0 saturated heterocycles. The minimum absolute atomic E-state index is 0.359. The van der Waals surface area contributed by atoms with Crippen molar-refractivity contribution in [2.24, 2.45) is 0 Å². The lowest BCUT2D eigenvalue weighted by Crippen LogP contribution is -2.33. The van der Waals surface area contributed by atoms with E-state index in [2.05, 4.69) is 30.2 Å². The highest BCUT2D eigenvalue weighted by Gasteiger charge is 2.05. The Morgan fingerprint density at radius 2 is 0.938 bits per heavy atom. The second-order valence-corrected chi connectivity index (χ2v) is 8.75. The zero-order valence-corrected chi connectivity index (χ0v) is 21.3. The molecule has 0 aromatic heterocycles. The molecule has 0 spiro atoms. The smallest absolute Gasteiger partial charge is 0.407 e. The van der Waals surface area contributed by atoms with Crippen molar-refractivity contribution < 1.29 is 19.1 Å². The van der Waals surface area contributed by atoms with Gasteiger partial charge in [-0.1, -0.05) is 12.8 Å². The number of likely N-dealkylation sites (N-methyl/N-ethyl adjacent to an activating group) is 4. The first-order chi connectivity index (χ1) is 15.2. The fourth-order valence-corrected chi connectivity index (χ4v) is 2.64. The Labute approximate surface area is 195 Å². The predicted octanol–water partition coefficient (Wildman–Crippen LogP) is 0.986. The SMILES string of the molecule is CN(C)CCN(C)CCOC(=O)NCCCCCCNC(=O)OCCN(C)CCN(C)C. The summed E-state index contributed by atoms with van der Waals surface area (Å²) < 4.78 is 10.4. The molecular weight excluding hydrogens is 412 g/mol. The summed E-state index contributed by atoms with van der Waals surface area (Å²) in [5.74, 6) is 0. The summed E-state index contributed by atoms with van der Waals surface area (Å²) in [4.78, 5) is 31.9. The summed E-state index contributed by atoms with van der Waals surface area (Å²) in [7, 11) is 12.2. The molecule has 0 radical (unpaired) electrons. The normalized spacial score (nSPS) is 11.4. The molecule has 0 aliphatic heterocycles. The number of amides is 2. The predicted molar refractivity (Wildman–Crippen MR) is 129 cm³/mol. The first kappa shape index (κ1) is 30.4. The highest BCUT2D eigenvalue weighted by molar-refractivity contribution is 5.67. The zero-order chi connectivity index (χ0) is 24.2. The van der Waals surface area contributed by atoms with Crippen molar-refractivity contribution in [3.8, 4) is 0 Å². The number of nitrogens with zero attached hydrogens (tertiary/aromatic N) is 4. The van der Waals surface area contributed by atoms with Gasteiger partial charge in [0.05, 0.1) is 0 Å². The van der Waals surface area contributed by atoms with E-state index in [1.54, 1.807) is 0 Å². The number of carbonyl (C=O) groups excluding carboxylic acids is 2. The van der Waals surface area contributed by atoms with Gasteiger partial charge in [-0.15, -0.1) is 0 Å². The molecule has 32 heavy (non-hydrogen) atoms. The largest absolute Gasteiger partial charge is 0.448 e. The van der Waals surface area contributed by atoms with Crippen LogP contribution in [0.3, 0.4) is 0 Å². The molecule has 0 unspecified atom stereocenters. The molecule has 0 heterocycles. The Morgan fingerprint density at radius 3 is 1.28 bits per heavy atom. The lowest BCUT2D eigenvalue weighted by Gasteiger charge is -2.19. The Morgan fingerprint density at radius 1 is 0.562 bits per heavy atom. The van der Waals surface area contributed by atoms with Gasteiger partial charge in [0.1, 0.15) is 13.2 Å². The van der Waals surface area contributed by atoms with Gasteiger partial charge in [-0.3, -0.25) is 0 Å². The molecule has 0 aromatic carbocycles. The fourth-order valence-electron chi connectivity index (χ4n) is 2.64. The van der Waals surface area contributed by atoms with E-state index >= 15 is 0 Å². The highest BCUT2D eigenvalue weighted by atomic mass is 16.6. The molecule has 0 fully saturated rings. The van der Waals surface area contributed by atoms with E-state index in [0.29, 0.717) is 26.3 Å². The average molecular weight is 461 g/mol. The molecule has 190 valence electrons. The van der Waals surface area contributed by atoms with E-state index in [-0.39, 0.29) is 12.2 Å². The summed E-state index contributed by atoms with van der Waals surface area (Å²) >= 11 is 0. The van der Waals surface area contributed by atoms with Crippen LogP contribution in [0.2, 0.25) is 0 Å². The van der Waals surface area contributed by atoms with Crippen LogP contribution in [0.5, 0.6) is 0 Å². The van der Waals surface area contributed by atoms with Crippen molar-refractivity contribution in [1.82, 2.24) is 30.2 Å². The number of nitrogens with one attached hydrogen (secondary N) is 2. The number of unbranched alkanes of at least 4 members (excludes halogenated alkanes) is 3. The molecule has 10 nitrogen and oxygen atoms in total. The van der Waals surface area contributed by atoms with Gasteiger partial charge in [-0.2, -0.15) is 0 Å². The maximum Gasteiger partial charge on any atom is 0.407 e. The van der Waals surface area contributed by atoms with Crippen molar-refractivity contribution in [3.05, 3.63) is 0 Å². The molecule has 0 aliphatic rings. The zero-order valence-electron chi connectivity index (χ0n) is 21.3. The van der Waals surface area contributed by atoms with Crippen molar-refractivity contribution in [1.29, 1.82) is 0 Å². The van der Waals surface area contributed by atoms with E-state index in [0.717, 1.165) is 65.0 Å². The minimum atomic E-state index is -0.359. The Balaban J connectivity index is 3.45. The van der Waals surface area contributed by atoms with Gasteiger partial charge < -0.3 is 39.7 Å². The number of hydrogen-bond acceptors (Lipinski definition) is 8. The molecular formula is C22H48N6O4. The maximum atomic E-state index is 11.7. The lowest BCUT2D eigenvalue weighted by atomic mass is 10.2. The summed E-state index contributed by atoms with van der Waals surface area (Å²) in [6.45, 7) is 7.29. The Hall–Kier alpha value is -1.62. The highest BCUT2D eigenvalue weighted by Crippen LogP contribution is 1.98. The topological polar surface area (TPSA) is 89.6 Å². The third kappa shape index (κ3) is 21.6. The van der Waals surface area contributed by atoms with Gasteiger partial charge in [0.15, 0.2) is 0 Å². The average Bonchev–Trinajstić information content (AvgIpc) is 2.72. The van der Waals surface area contributed by atoms with Crippen molar-refractivity contribution in [2.75, 3.05) is 108 Å². The first-order valence-corrected chi connectivity index (χ1v) is 11.7.